The quantitative estimate of drug-likeness (QED) is 0.409. The monoisotopic (exact) mass is 527 g/mol. The van der Waals surface area contributed by atoms with Gasteiger partial charge in [-0.05, 0) is 54.7 Å². The van der Waals surface area contributed by atoms with Gasteiger partial charge in [0.15, 0.2) is 5.65 Å². The summed E-state index contributed by atoms with van der Waals surface area (Å²) in [6.45, 7) is 1.71. The first-order chi connectivity index (χ1) is 19.0. The van der Waals surface area contributed by atoms with E-state index in [2.05, 4.69) is 10.3 Å². The molecule has 0 unspecified atom stereocenters. The number of fused-ring (bicyclic) bond motifs is 1. The molecule has 1 atom stereocenters. The lowest BCUT2D eigenvalue weighted by atomic mass is 10.1. The molecule has 2 N–H and O–H groups in total. The summed E-state index contributed by atoms with van der Waals surface area (Å²) in [5.74, 6) is -0.304. The van der Waals surface area contributed by atoms with Gasteiger partial charge in [-0.15, -0.1) is 0 Å². The highest BCUT2D eigenvalue weighted by Gasteiger charge is 2.31. The maximum Gasteiger partial charge on any atom is 0.407 e. The second kappa shape index (κ2) is 10.4. The van der Waals surface area contributed by atoms with Crippen molar-refractivity contribution in [3.05, 3.63) is 82.9 Å². The molecule has 2 aliphatic heterocycles. The van der Waals surface area contributed by atoms with E-state index in [1.54, 1.807) is 21.3 Å². The summed E-state index contributed by atoms with van der Waals surface area (Å²) < 4.78 is 8.51. The molecule has 10 heteroatoms. The summed E-state index contributed by atoms with van der Waals surface area (Å²) in [4.78, 5) is 44.5. The topological polar surface area (TPSA) is 119 Å². The van der Waals surface area contributed by atoms with Gasteiger partial charge in [0.1, 0.15) is 5.69 Å². The third-order valence-corrected chi connectivity index (χ3v) is 7.54. The fourth-order valence-electron chi connectivity index (χ4n) is 5.46. The Bertz CT molecular complexity index is 1570. The molecule has 2 aromatic heterocycles. The number of imidazole rings is 1. The highest BCUT2D eigenvalue weighted by atomic mass is 16.5. The Balaban J connectivity index is 1.41. The lowest BCUT2D eigenvalue weighted by Crippen LogP contribution is -2.39. The number of benzene rings is 2. The van der Waals surface area contributed by atoms with Crippen LogP contribution in [0.2, 0.25) is 0 Å². The van der Waals surface area contributed by atoms with Crippen molar-refractivity contribution < 1.29 is 19.4 Å². The molecule has 0 bridgehead atoms. The first kappa shape index (κ1) is 24.9. The van der Waals surface area contributed by atoms with Crippen molar-refractivity contribution in [2.75, 3.05) is 26.3 Å². The Kier molecular flexibility index (Phi) is 6.62. The number of hydrogen-bond acceptors (Lipinski definition) is 5. The van der Waals surface area contributed by atoms with E-state index >= 15 is 0 Å². The van der Waals surface area contributed by atoms with Crippen LogP contribution in [0.15, 0.2) is 71.5 Å². The van der Waals surface area contributed by atoms with Crippen LogP contribution in [0, 0.1) is 0 Å². The fraction of sp³-hybridized carbons (Fsp3) is 0.310. The summed E-state index contributed by atoms with van der Waals surface area (Å²) in [5.41, 5.74) is 3.58. The van der Waals surface area contributed by atoms with Gasteiger partial charge in [0, 0.05) is 32.3 Å². The first-order valence-electron chi connectivity index (χ1n) is 13.2. The number of carbonyl (C=O) groups is 2. The zero-order chi connectivity index (χ0) is 26.9. The smallest absolute Gasteiger partial charge is 0.407 e. The summed E-state index contributed by atoms with van der Waals surface area (Å²) in [5, 5.41) is 12.5. The second-order valence-corrected chi connectivity index (χ2v) is 9.97. The summed E-state index contributed by atoms with van der Waals surface area (Å²) in [6.07, 6.45) is 0.941. The molecule has 2 aliphatic rings. The molecule has 0 spiro atoms. The van der Waals surface area contributed by atoms with Gasteiger partial charge in [0.05, 0.1) is 17.2 Å². The van der Waals surface area contributed by atoms with E-state index in [0.29, 0.717) is 43.0 Å². The summed E-state index contributed by atoms with van der Waals surface area (Å²) in [7, 11) is 0. The van der Waals surface area contributed by atoms with E-state index in [-0.39, 0.29) is 35.9 Å². The van der Waals surface area contributed by atoms with Crippen molar-refractivity contribution >= 4 is 23.2 Å². The number of likely N-dealkylation sites (tertiary alicyclic amines) is 1. The van der Waals surface area contributed by atoms with Crippen LogP contribution in [0.5, 0.6) is 0 Å². The highest BCUT2D eigenvalue weighted by Crippen LogP contribution is 2.27. The molecule has 200 valence electrons. The molecule has 0 saturated carbocycles. The molecule has 4 aromatic rings. The average Bonchev–Trinajstić information content (AvgIpc) is 3.56. The van der Waals surface area contributed by atoms with Crippen LogP contribution in [0.3, 0.4) is 0 Å². The number of aromatic nitrogens is 3. The number of nitrogens with zero attached hydrogens (tertiary/aromatic N) is 4. The van der Waals surface area contributed by atoms with E-state index in [0.717, 1.165) is 24.0 Å². The molecule has 2 saturated heterocycles. The second-order valence-electron chi connectivity index (χ2n) is 9.97. The molecule has 6 rings (SSSR count). The number of pyridine rings is 1. The van der Waals surface area contributed by atoms with Crippen LogP contribution in [0.4, 0.5) is 4.79 Å². The maximum atomic E-state index is 13.9. The zero-order valence-electron chi connectivity index (χ0n) is 21.3. The van der Waals surface area contributed by atoms with E-state index < -0.39 is 6.09 Å². The lowest BCUT2D eigenvalue weighted by molar-refractivity contribution is 0.0694. The Hall–Kier alpha value is -4.44. The molecule has 4 heterocycles. The van der Waals surface area contributed by atoms with Gasteiger partial charge < -0.3 is 20.1 Å². The maximum absolute atomic E-state index is 13.9. The van der Waals surface area contributed by atoms with Crippen molar-refractivity contribution in [3.8, 4) is 16.8 Å². The molecule has 0 aliphatic carbocycles. The van der Waals surface area contributed by atoms with Gasteiger partial charge in [-0.3, -0.25) is 13.9 Å². The number of carboxylic acid groups (broad SMARTS) is 1. The Morgan fingerprint density at radius 1 is 0.923 bits per heavy atom. The number of amides is 2. The standard InChI is InChI=1S/C29H29N5O5/c35-27(30-21-13-16-39-17-14-21)24-10-11-25-26(31-24)34(23-12-15-32(18-23)29(37)38)28(36)33(25)22-8-6-20(7-9-22)19-4-2-1-3-5-19/h1-11,21,23H,12-18H2,(H,30,35)(H,37,38)/t23-/m0/s1. The lowest BCUT2D eigenvalue weighted by Gasteiger charge is -2.22. The Morgan fingerprint density at radius 3 is 2.33 bits per heavy atom. The number of ether oxygens (including phenoxy) is 1. The Labute approximate surface area is 224 Å². The van der Waals surface area contributed by atoms with Crippen LogP contribution < -0.4 is 11.0 Å². The van der Waals surface area contributed by atoms with Crippen molar-refractivity contribution in [1.29, 1.82) is 0 Å². The SMILES string of the molecule is O=C(NC1CCOCC1)c1ccc2c(n1)n([C@H]1CCN(C(=O)O)C1)c(=O)n2-c1ccc(-c2ccccc2)cc1. The van der Waals surface area contributed by atoms with Crippen molar-refractivity contribution in [2.24, 2.45) is 0 Å². The van der Waals surface area contributed by atoms with E-state index in [1.165, 1.54) is 4.90 Å². The van der Waals surface area contributed by atoms with Crippen molar-refractivity contribution in [1.82, 2.24) is 24.3 Å². The minimum Gasteiger partial charge on any atom is -0.465 e. The molecule has 39 heavy (non-hydrogen) atoms. The highest BCUT2D eigenvalue weighted by molar-refractivity contribution is 5.94. The van der Waals surface area contributed by atoms with Crippen LogP contribution in [0.25, 0.3) is 28.0 Å². The molecule has 10 nitrogen and oxygen atoms in total. The normalized spacial score (nSPS) is 17.9. The van der Waals surface area contributed by atoms with E-state index in [4.69, 9.17) is 4.74 Å². The molecule has 2 amide bonds. The van der Waals surface area contributed by atoms with Gasteiger partial charge in [0.25, 0.3) is 5.91 Å². The van der Waals surface area contributed by atoms with Gasteiger partial charge in [-0.1, -0.05) is 42.5 Å². The van der Waals surface area contributed by atoms with Crippen molar-refractivity contribution in [2.45, 2.75) is 31.3 Å². The molecular formula is C29H29N5O5. The van der Waals surface area contributed by atoms with Gasteiger partial charge >= 0.3 is 11.8 Å². The summed E-state index contributed by atoms with van der Waals surface area (Å²) >= 11 is 0. The molecular weight excluding hydrogens is 498 g/mol. The predicted octanol–water partition coefficient (Wildman–Crippen LogP) is 3.69. The molecule has 2 aromatic carbocycles. The fourth-order valence-corrected chi connectivity index (χ4v) is 5.46. The third kappa shape index (κ3) is 4.79. The number of carbonyl (C=O) groups excluding carboxylic acids is 1. The predicted molar refractivity (Wildman–Crippen MR) is 145 cm³/mol. The van der Waals surface area contributed by atoms with Crippen LogP contribution in [-0.4, -0.2) is 68.5 Å². The third-order valence-electron chi connectivity index (χ3n) is 7.54. The average molecular weight is 528 g/mol. The Morgan fingerprint density at radius 2 is 1.64 bits per heavy atom. The summed E-state index contributed by atoms with van der Waals surface area (Å²) in [6, 6.07) is 20.7. The first-order valence-corrected chi connectivity index (χ1v) is 13.2. The largest absolute Gasteiger partial charge is 0.465 e. The minimum atomic E-state index is -1.02. The van der Waals surface area contributed by atoms with Gasteiger partial charge in [-0.2, -0.15) is 0 Å². The van der Waals surface area contributed by atoms with Crippen LogP contribution >= 0.6 is 0 Å². The number of hydrogen-bond donors (Lipinski definition) is 2. The van der Waals surface area contributed by atoms with E-state index in [9.17, 15) is 19.5 Å². The van der Waals surface area contributed by atoms with Crippen molar-refractivity contribution in [3.63, 3.8) is 0 Å². The van der Waals surface area contributed by atoms with Crippen LogP contribution in [-0.2, 0) is 4.74 Å². The molecule has 0 radical (unpaired) electrons. The van der Waals surface area contributed by atoms with Gasteiger partial charge in [0.2, 0.25) is 0 Å². The minimum absolute atomic E-state index is 0.0117. The number of nitrogens with one attached hydrogen (secondary N) is 1. The van der Waals surface area contributed by atoms with Gasteiger partial charge in [-0.25, -0.2) is 14.6 Å². The zero-order valence-corrected chi connectivity index (χ0v) is 21.3. The van der Waals surface area contributed by atoms with E-state index in [1.807, 2.05) is 54.6 Å². The number of rotatable bonds is 5. The van der Waals surface area contributed by atoms with Crippen LogP contribution in [0.1, 0.15) is 35.8 Å². The molecule has 2 fully saturated rings.